The second-order valence-corrected chi connectivity index (χ2v) is 8.56. The molecule has 0 spiro atoms. The predicted molar refractivity (Wildman–Crippen MR) is 104 cm³/mol. The number of amides is 1. The minimum Gasteiger partial charge on any atom is -0.324 e. The highest BCUT2D eigenvalue weighted by Gasteiger charge is 2.31. The maximum atomic E-state index is 12.0. The smallest absolute Gasteiger partial charge is 0.324 e. The zero-order valence-electron chi connectivity index (χ0n) is 14.6. The Morgan fingerprint density at radius 1 is 1.15 bits per heavy atom. The molecule has 0 heterocycles. The first-order valence-corrected chi connectivity index (χ1v) is 10.6. The van der Waals surface area contributed by atoms with E-state index in [1.807, 2.05) is 30.3 Å². The summed E-state index contributed by atoms with van der Waals surface area (Å²) in [6, 6.07) is 13.7. The summed E-state index contributed by atoms with van der Waals surface area (Å²) in [4.78, 5) is 36.8. The van der Waals surface area contributed by atoms with Gasteiger partial charge in [0.25, 0.3) is 0 Å². The monoisotopic (exact) mass is 431 g/mol. The van der Waals surface area contributed by atoms with Crippen molar-refractivity contribution in [3.05, 3.63) is 69.7 Å². The zero-order chi connectivity index (χ0) is 20.0. The van der Waals surface area contributed by atoms with Crippen LogP contribution in [0.2, 0.25) is 10.0 Å². The Hall–Kier alpha value is -1.40. The van der Waals surface area contributed by atoms with Crippen molar-refractivity contribution in [1.82, 2.24) is 5.06 Å². The van der Waals surface area contributed by atoms with E-state index in [4.69, 9.17) is 28.0 Å². The lowest BCUT2D eigenvalue weighted by Crippen LogP contribution is -2.30. The highest BCUT2D eigenvalue weighted by atomic mass is 35.5. The Morgan fingerprint density at radius 2 is 1.81 bits per heavy atom. The Kier molecular flexibility index (Phi) is 7.86. The molecule has 1 unspecified atom stereocenters. The molecule has 27 heavy (non-hydrogen) atoms. The number of halogens is 2. The fourth-order valence-electron chi connectivity index (χ4n) is 2.53. The van der Waals surface area contributed by atoms with E-state index >= 15 is 0 Å². The molecule has 0 aliphatic heterocycles. The minimum atomic E-state index is -4.49. The van der Waals surface area contributed by atoms with E-state index in [-0.39, 0.29) is 30.5 Å². The van der Waals surface area contributed by atoms with E-state index in [1.54, 1.807) is 0 Å². The first-order chi connectivity index (χ1) is 12.7. The first-order valence-electron chi connectivity index (χ1n) is 8.13. The maximum Gasteiger partial charge on any atom is 0.333 e. The number of carbonyl (C=O) groups excluding carboxylic acids is 1. The summed E-state index contributed by atoms with van der Waals surface area (Å²) < 4.78 is 12.0. The molecule has 1 atom stereocenters. The van der Waals surface area contributed by atoms with Gasteiger partial charge in [0.05, 0.1) is 15.7 Å². The van der Waals surface area contributed by atoms with Crippen molar-refractivity contribution in [3.63, 3.8) is 0 Å². The standard InChI is InChI=1S/C18H20Cl2NO5P/c1-13(22)21(26-12-14-5-3-2-4-6-14)10-9-18(27(23,24)25)15-7-8-16(19)17(20)11-15/h2-8,11,18H,9-10,12H2,1H3,(H2,23,24,25). The van der Waals surface area contributed by atoms with E-state index in [0.717, 1.165) is 10.6 Å². The van der Waals surface area contributed by atoms with E-state index in [9.17, 15) is 19.1 Å². The molecule has 2 aromatic rings. The number of benzene rings is 2. The van der Waals surface area contributed by atoms with Gasteiger partial charge in [0.2, 0.25) is 5.91 Å². The van der Waals surface area contributed by atoms with Gasteiger partial charge in [-0.2, -0.15) is 0 Å². The first kappa shape index (κ1) is 21.9. The zero-order valence-corrected chi connectivity index (χ0v) is 17.0. The highest BCUT2D eigenvalue weighted by Crippen LogP contribution is 2.54. The average molecular weight is 432 g/mol. The lowest BCUT2D eigenvalue weighted by Gasteiger charge is -2.24. The number of hydroxylamine groups is 2. The van der Waals surface area contributed by atoms with Crippen LogP contribution in [-0.2, 0) is 20.8 Å². The van der Waals surface area contributed by atoms with E-state index < -0.39 is 13.3 Å². The van der Waals surface area contributed by atoms with Gasteiger partial charge in [-0.3, -0.25) is 14.2 Å². The number of hydrogen-bond acceptors (Lipinski definition) is 3. The van der Waals surface area contributed by atoms with Gasteiger partial charge < -0.3 is 9.79 Å². The van der Waals surface area contributed by atoms with Gasteiger partial charge in [-0.05, 0) is 29.7 Å². The highest BCUT2D eigenvalue weighted by molar-refractivity contribution is 7.52. The van der Waals surface area contributed by atoms with Crippen LogP contribution in [0.1, 0.15) is 30.1 Å². The Bertz CT molecular complexity index is 828. The van der Waals surface area contributed by atoms with Crippen LogP contribution >= 0.6 is 30.8 Å². The van der Waals surface area contributed by atoms with Gasteiger partial charge in [0.15, 0.2) is 0 Å². The summed E-state index contributed by atoms with van der Waals surface area (Å²) in [5, 5.41) is 1.60. The van der Waals surface area contributed by atoms with Crippen LogP contribution in [0.4, 0.5) is 0 Å². The summed E-state index contributed by atoms with van der Waals surface area (Å²) in [5.41, 5.74) is 0.0958. The molecule has 2 rings (SSSR count). The fourth-order valence-corrected chi connectivity index (χ4v) is 3.84. The second-order valence-electron chi connectivity index (χ2n) is 5.95. The van der Waals surface area contributed by atoms with Crippen LogP contribution in [0.25, 0.3) is 0 Å². The molecular weight excluding hydrogens is 412 g/mol. The molecule has 2 aromatic carbocycles. The van der Waals surface area contributed by atoms with Crippen molar-refractivity contribution in [1.29, 1.82) is 0 Å². The maximum absolute atomic E-state index is 12.0. The Labute approximate surface area is 167 Å². The summed E-state index contributed by atoms with van der Waals surface area (Å²) >= 11 is 11.8. The van der Waals surface area contributed by atoms with Gasteiger partial charge >= 0.3 is 7.60 Å². The minimum absolute atomic E-state index is 0.00336. The third kappa shape index (κ3) is 6.61. The number of nitrogens with zero attached hydrogens (tertiary/aromatic N) is 1. The van der Waals surface area contributed by atoms with Crippen LogP contribution in [-0.4, -0.2) is 27.3 Å². The fraction of sp³-hybridized carbons (Fsp3) is 0.278. The third-order valence-corrected chi connectivity index (χ3v) is 6.03. The van der Waals surface area contributed by atoms with Crippen molar-refractivity contribution >= 4 is 36.7 Å². The van der Waals surface area contributed by atoms with Crippen LogP contribution < -0.4 is 0 Å². The average Bonchev–Trinajstić information content (AvgIpc) is 2.60. The van der Waals surface area contributed by atoms with E-state index in [1.165, 1.54) is 25.1 Å². The van der Waals surface area contributed by atoms with Gasteiger partial charge in [-0.25, -0.2) is 5.06 Å². The van der Waals surface area contributed by atoms with Crippen molar-refractivity contribution in [2.45, 2.75) is 25.6 Å². The predicted octanol–water partition coefficient (Wildman–Crippen LogP) is 4.58. The van der Waals surface area contributed by atoms with E-state index in [0.29, 0.717) is 10.6 Å². The molecule has 2 N–H and O–H groups in total. The third-order valence-electron chi connectivity index (χ3n) is 3.92. The molecule has 0 bridgehead atoms. The largest absolute Gasteiger partial charge is 0.333 e. The van der Waals surface area contributed by atoms with Crippen LogP contribution in [0.3, 0.4) is 0 Å². The molecule has 9 heteroatoms. The molecule has 1 amide bonds. The van der Waals surface area contributed by atoms with Crippen LogP contribution in [0.5, 0.6) is 0 Å². The Morgan fingerprint density at radius 3 is 2.37 bits per heavy atom. The molecule has 6 nitrogen and oxygen atoms in total. The van der Waals surface area contributed by atoms with Crippen molar-refractivity contribution in [3.8, 4) is 0 Å². The molecule has 0 radical (unpaired) electrons. The molecule has 146 valence electrons. The number of rotatable bonds is 8. The molecule has 0 saturated heterocycles. The molecule has 0 aliphatic rings. The molecule has 0 saturated carbocycles. The summed E-state index contributed by atoms with van der Waals surface area (Å²) in [6.07, 6.45) is -0.00336. The van der Waals surface area contributed by atoms with Crippen molar-refractivity contribution < 1.29 is 24.0 Å². The summed E-state index contributed by atoms with van der Waals surface area (Å²) in [6.45, 7) is 1.52. The van der Waals surface area contributed by atoms with Gasteiger partial charge in [0, 0.05) is 13.5 Å². The van der Waals surface area contributed by atoms with Gasteiger partial charge in [-0.1, -0.05) is 59.6 Å². The van der Waals surface area contributed by atoms with Crippen LogP contribution in [0.15, 0.2) is 48.5 Å². The SMILES string of the molecule is CC(=O)N(CCC(c1ccc(Cl)c(Cl)c1)P(=O)(O)O)OCc1ccccc1. The quantitative estimate of drug-likeness (QED) is 0.471. The van der Waals surface area contributed by atoms with Gasteiger partial charge in [-0.15, -0.1) is 0 Å². The van der Waals surface area contributed by atoms with E-state index in [2.05, 4.69) is 0 Å². The van der Waals surface area contributed by atoms with Gasteiger partial charge in [0.1, 0.15) is 6.61 Å². The molecule has 0 aromatic heterocycles. The molecule has 0 aliphatic carbocycles. The number of hydrogen-bond donors (Lipinski definition) is 2. The second kappa shape index (κ2) is 9.69. The summed E-state index contributed by atoms with van der Waals surface area (Å²) in [7, 11) is -4.49. The molecular formula is C18H20Cl2NO5P. The topological polar surface area (TPSA) is 87.1 Å². The number of carbonyl (C=O) groups is 1. The van der Waals surface area contributed by atoms with Crippen molar-refractivity contribution in [2.75, 3.05) is 6.54 Å². The lowest BCUT2D eigenvalue weighted by atomic mass is 10.1. The normalized spacial score (nSPS) is 12.6. The Balaban J connectivity index is 2.10. The lowest BCUT2D eigenvalue weighted by molar-refractivity contribution is -0.189. The summed E-state index contributed by atoms with van der Waals surface area (Å²) in [5.74, 6) is -0.357. The molecule has 0 fully saturated rings. The van der Waals surface area contributed by atoms with Crippen LogP contribution in [0, 0.1) is 0 Å². The van der Waals surface area contributed by atoms with Crippen molar-refractivity contribution in [2.24, 2.45) is 0 Å².